The summed E-state index contributed by atoms with van der Waals surface area (Å²) in [6.45, 7) is 5.18. The number of benzene rings is 1. The van der Waals surface area contributed by atoms with Crippen molar-refractivity contribution in [2.75, 3.05) is 18.5 Å². The van der Waals surface area contributed by atoms with E-state index in [4.69, 9.17) is 5.26 Å². The predicted octanol–water partition coefficient (Wildman–Crippen LogP) is 1.93. The summed E-state index contributed by atoms with van der Waals surface area (Å²) in [4.78, 5) is 14.1. The Morgan fingerprint density at radius 2 is 2.14 bits per heavy atom. The summed E-state index contributed by atoms with van der Waals surface area (Å²) in [5, 5.41) is 13.1. The maximum absolute atomic E-state index is 12.1. The molecule has 2 rings (SSSR count). The number of nitrogens with zero attached hydrogens (tertiary/aromatic N) is 4. The number of rotatable bonds is 4. The summed E-state index contributed by atoms with van der Waals surface area (Å²) in [5.74, 6) is 0. The number of hydrogen-bond donors (Lipinski definition) is 0. The second kappa shape index (κ2) is 6.23. The molecule has 0 N–H and O–H groups in total. The Kier molecular flexibility index (Phi) is 4.39. The van der Waals surface area contributed by atoms with Crippen molar-refractivity contribution in [3.05, 3.63) is 57.5 Å². The fourth-order valence-corrected chi connectivity index (χ4v) is 2.04. The van der Waals surface area contributed by atoms with Crippen LogP contribution in [0.2, 0.25) is 0 Å². The van der Waals surface area contributed by atoms with Gasteiger partial charge in [-0.15, -0.1) is 0 Å². The van der Waals surface area contributed by atoms with Gasteiger partial charge in [0.15, 0.2) is 0 Å². The lowest BCUT2D eigenvalue weighted by atomic mass is 10.1. The summed E-state index contributed by atoms with van der Waals surface area (Å²) in [5.41, 5.74) is 3.28. The van der Waals surface area contributed by atoms with Gasteiger partial charge in [0, 0.05) is 19.7 Å². The highest BCUT2D eigenvalue weighted by Crippen LogP contribution is 2.12. The quantitative estimate of drug-likeness (QED) is 0.859. The van der Waals surface area contributed by atoms with E-state index in [0.717, 1.165) is 23.4 Å². The first-order valence-electron chi connectivity index (χ1n) is 6.83. The average molecular weight is 282 g/mol. The van der Waals surface area contributed by atoms with Crippen molar-refractivity contribution in [3.63, 3.8) is 0 Å². The predicted molar refractivity (Wildman–Crippen MR) is 82.4 cm³/mol. The van der Waals surface area contributed by atoms with E-state index in [1.54, 1.807) is 18.3 Å². The Bertz CT molecular complexity index is 743. The van der Waals surface area contributed by atoms with E-state index >= 15 is 0 Å². The molecule has 0 radical (unpaired) electrons. The Labute approximate surface area is 124 Å². The van der Waals surface area contributed by atoms with Crippen LogP contribution in [-0.4, -0.2) is 23.4 Å². The minimum atomic E-state index is -0.128. The highest BCUT2D eigenvalue weighted by atomic mass is 16.1. The maximum Gasteiger partial charge on any atom is 0.269 e. The number of nitriles is 1. The second-order valence-electron chi connectivity index (χ2n) is 4.98. The third-order valence-corrected chi connectivity index (χ3v) is 3.56. The molecule has 2 aromatic rings. The topological polar surface area (TPSA) is 61.9 Å². The number of hydrogen-bond acceptors (Lipinski definition) is 4. The number of aromatic nitrogens is 2. The molecule has 0 saturated carbocycles. The smallest absolute Gasteiger partial charge is 0.269 e. The minimum Gasteiger partial charge on any atom is -0.373 e. The Morgan fingerprint density at radius 1 is 1.38 bits per heavy atom. The van der Waals surface area contributed by atoms with Crippen molar-refractivity contribution in [3.8, 4) is 6.07 Å². The van der Waals surface area contributed by atoms with Crippen molar-refractivity contribution >= 4 is 5.69 Å². The molecule has 1 aromatic carbocycles. The van der Waals surface area contributed by atoms with E-state index in [1.165, 1.54) is 4.68 Å². The normalized spacial score (nSPS) is 10.2. The van der Waals surface area contributed by atoms with Crippen LogP contribution < -0.4 is 10.5 Å². The monoisotopic (exact) mass is 282 g/mol. The minimum absolute atomic E-state index is 0.128. The van der Waals surface area contributed by atoms with Crippen LogP contribution in [0.25, 0.3) is 0 Å². The Hall–Kier alpha value is -2.61. The van der Waals surface area contributed by atoms with E-state index < -0.39 is 0 Å². The SMILES string of the molecule is CCN(C)c1cnn(Cc2ccc(C#N)cc2C)c(=O)c1. The van der Waals surface area contributed by atoms with E-state index in [0.29, 0.717) is 12.1 Å². The molecule has 1 aromatic heterocycles. The van der Waals surface area contributed by atoms with Crippen LogP contribution in [0.15, 0.2) is 35.3 Å². The van der Waals surface area contributed by atoms with Gasteiger partial charge >= 0.3 is 0 Å². The molecular weight excluding hydrogens is 264 g/mol. The molecule has 108 valence electrons. The molecular formula is C16H18N4O. The summed E-state index contributed by atoms with van der Waals surface area (Å²) in [6.07, 6.45) is 1.70. The lowest BCUT2D eigenvalue weighted by Crippen LogP contribution is -2.26. The molecule has 0 aliphatic heterocycles. The van der Waals surface area contributed by atoms with E-state index in [1.807, 2.05) is 37.9 Å². The molecule has 21 heavy (non-hydrogen) atoms. The van der Waals surface area contributed by atoms with Crippen molar-refractivity contribution in [1.82, 2.24) is 9.78 Å². The van der Waals surface area contributed by atoms with Gasteiger partial charge < -0.3 is 4.90 Å². The van der Waals surface area contributed by atoms with Gasteiger partial charge in [0.2, 0.25) is 0 Å². The second-order valence-corrected chi connectivity index (χ2v) is 4.98. The number of anilines is 1. The fraction of sp³-hybridized carbons (Fsp3) is 0.312. The molecule has 0 aliphatic carbocycles. The molecule has 0 atom stereocenters. The summed E-state index contributed by atoms with van der Waals surface area (Å²) < 4.78 is 1.43. The van der Waals surface area contributed by atoms with E-state index in [2.05, 4.69) is 11.2 Å². The third-order valence-electron chi connectivity index (χ3n) is 3.56. The van der Waals surface area contributed by atoms with Crippen molar-refractivity contribution in [2.24, 2.45) is 0 Å². The van der Waals surface area contributed by atoms with Gasteiger partial charge in [0.1, 0.15) is 0 Å². The first kappa shape index (κ1) is 14.8. The molecule has 1 heterocycles. The lowest BCUT2D eigenvalue weighted by Gasteiger charge is -2.16. The highest BCUT2D eigenvalue weighted by Gasteiger charge is 2.06. The summed E-state index contributed by atoms with van der Waals surface area (Å²) in [7, 11) is 1.92. The fourth-order valence-electron chi connectivity index (χ4n) is 2.04. The summed E-state index contributed by atoms with van der Waals surface area (Å²) in [6, 6.07) is 9.14. The average Bonchev–Trinajstić information content (AvgIpc) is 2.50. The molecule has 0 aliphatic rings. The van der Waals surface area contributed by atoms with Crippen LogP contribution in [0.3, 0.4) is 0 Å². The van der Waals surface area contributed by atoms with Gasteiger partial charge in [-0.25, -0.2) is 4.68 Å². The zero-order valence-corrected chi connectivity index (χ0v) is 12.5. The first-order valence-corrected chi connectivity index (χ1v) is 6.83. The van der Waals surface area contributed by atoms with Crippen LogP contribution in [0.1, 0.15) is 23.6 Å². The zero-order chi connectivity index (χ0) is 15.4. The third kappa shape index (κ3) is 3.29. The van der Waals surface area contributed by atoms with Crippen molar-refractivity contribution in [1.29, 1.82) is 5.26 Å². The van der Waals surface area contributed by atoms with Gasteiger partial charge in [-0.05, 0) is 37.1 Å². The van der Waals surface area contributed by atoms with Crippen LogP contribution in [0.5, 0.6) is 0 Å². The summed E-state index contributed by atoms with van der Waals surface area (Å²) >= 11 is 0. The molecule has 0 amide bonds. The Balaban J connectivity index is 2.29. The highest BCUT2D eigenvalue weighted by molar-refractivity contribution is 5.42. The van der Waals surface area contributed by atoms with Gasteiger partial charge in [-0.3, -0.25) is 4.79 Å². The first-order chi connectivity index (χ1) is 10.0. The van der Waals surface area contributed by atoms with E-state index in [-0.39, 0.29) is 5.56 Å². The maximum atomic E-state index is 12.1. The standard InChI is InChI=1S/C16H18N4O/c1-4-19(3)15-8-16(21)20(18-10-15)11-14-6-5-13(9-17)7-12(14)2/h5-8,10H,4,11H2,1-3H3. The van der Waals surface area contributed by atoms with Gasteiger partial charge in [-0.1, -0.05) is 6.07 Å². The van der Waals surface area contributed by atoms with Gasteiger partial charge in [-0.2, -0.15) is 10.4 Å². The molecule has 5 heteroatoms. The van der Waals surface area contributed by atoms with Crippen LogP contribution in [0.4, 0.5) is 5.69 Å². The van der Waals surface area contributed by atoms with Gasteiger partial charge in [0.05, 0.1) is 30.1 Å². The molecule has 0 unspecified atom stereocenters. The largest absolute Gasteiger partial charge is 0.373 e. The molecule has 0 fully saturated rings. The van der Waals surface area contributed by atoms with E-state index in [9.17, 15) is 4.79 Å². The molecule has 0 spiro atoms. The van der Waals surface area contributed by atoms with Crippen LogP contribution in [0, 0.1) is 18.3 Å². The van der Waals surface area contributed by atoms with Gasteiger partial charge in [0.25, 0.3) is 5.56 Å². The van der Waals surface area contributed by atoms with Crippen LogP contribution in [-0.2, 0) is 6.54 Å². The zero-order valence-electron chi connectivity index (χ0n) is 12.5. The Morgan fingerprint density at radius 3 is 2.71 bits per heavy atom. The molecule has 0 bridgehead atoms. The number of aryl methyl sites for hydroxylation is 1. The van der Waals surface area contributed by atoms with Crippen LogP contribution >= 0.6 is 0 Å². The van der Waals surface area contributed by atoms with Crippen molar-refractivity contribution < 1.29 is 0 Å². The lowest BCUT2D eigenvalue weighted by molar-refractivity contribution is 0.635. The molecule has 5 nitrogen and oxygen atoms in total. The van der Waals surface area contributed by atoms with Crippen molar-refractivity contribution in [2.45, 2.75) is 20.4 Å². The molecule has 0 saturated heterocycles.